The van der Waals surface area contributed by atoms with Crippen LogP contribution in [0.3, 0.4) is 0 Å². The maximum atomic E-state index is 6.22. The second-order valence-electron chi connectivity index (χ2n) is 16.5. The first-order valence-electron chi connectivity index (χ1n) is 22.5. The lowest BCUT2D eigenvalue weighted by molar-refractivity contribution is 0.669. The largest absolute Gasteiger partial charge is 0.456 e. The van der Waals surface area contributed by atoms with Gasteiger partial charge in [0.15, 0.2) is 0 Å². The van der Waals surface area contributed by atoms with E-state index < -0.39 is 0 Å². The Morgan fingerprint density at radius 2 is 0.646 bits per heavy atom. The molecule has 0 unspecified atom stereocenters. The molecule has 0 atom stereocenters. The van der Waals surface area contributed by atoms with Crippen LogP contribution in [0.1, 0.15) is 18.1 Å². The first-order valence-corrected chi connectivity index (χ1v) is 22.5. The lowest BCUT2D eigenvalue weighted by Gasteiger charge is -2.26. The highest BCUT2D eigenvalue weighted by atomic mass is 16.3. The van der Waals surface area contributed by atoms with Crippen LogP contribution in [-0.2, 0) is 6.42 Å². The summed E-state index contributed by atoms with van der Waals surface area (Å²) in [6.07, 6.45) is 1.15. The topological polar surface area (TPSA) is 16.4 Å². The predicted octanol–water partition coefficient (Wildman–Crippen LogP) is 17.9. The number of benzene rings is 10. The Bertz CT molecular complexity index is 3170. The van der Waals surface area contributed by atoms with Crippen molar-refractivity contribution in [3.05, 3.63) is 260 Å². The third-order valence-electron chi connectivity index (χ3n) is 12.4. The molecule has 0 aliphatic rings. The van der Waals surface area contributed by atoms with Crippen molar-refractivity contribution in [3.63, 3.8) is 0 Å². The SMILES string of the molecule is CCc1ccccc1C.c1ccc(-c2ccc(-c3ccc(N(c4ccc(-c5ccc(-c6ccccc6)cc5)cc4)c4ccc(-c5ccc6c(c5)oc5ccccc56)cc4)cc3)cc2)cc1. The lowest BCUT2D eigenvalue weighted by atomic mass is 9.99. The molecule has 0 aliphatic heterocycles. The number of aryl methyl sites for hydroxylation is 2. The third-order valence-corrected chi connectivity index (χ3v) is 12.4. The van der Waals surface area contributed by atoms with Crippen LogP contribution in [0.15, 0.2) is 253 Å². The summed E-state index contributed by atoms with van der Waals surface area (Å²) < 4.78 is 6.22. The highest BCUT2D eigenvalue weighted by Gasteiger charge is 2.15. The molecule has 2 heteroatoms. The molecule has 1 heterocycles. The summed E-state index contributed by atoms with van der Waals surface area (Å²) in [5, 5.41) is 2.28. The minimum atomic E-state index is 0.902. The fourth-order valence-electron chi connectivity index (χ4n) is 8.74. The summed E-state index contributed by atoms with van der Waals surface area (Å²) in [4.78, 5) is 2.33. The van der Waals surface area contributed by atoms with Crippen molar-refractivity contribution in [1.82, 2.24) is 0 Å². The van der Waals surface area contributed by atoms with Crippen molar-refractivity contribution < 1.29 is 4.42 Å². The van der Waals surface area contributed by atoms with Gasteiger partial charge in [-0.3, -0.25) is 0 Å². The number of hydrogen-bond donors (Lipinski definition) is 0. The molecule has 0 radical (unpaired) electrons. The number of nitrogens with zero attached hydrogens (tertiary/aromatic N) is 1. The normalized spacial score (nSPS) is 11.0. The number of rotatable bonds is 9. The smallest absolute Gasteiger partial charge is 0.136 e. The molecule has 0 saturated heterocycles. The van der Waals surface area contributed by atoms with Gasteiger partial charge in [-0.05, 0) is 135 Å². The second kappa shape index (κ2) is 18.6. The molecule has 11 aromatic rings. The van der Waals surface area contributed by atoms with E-state index in [9.17, 15) is 0 Å². The molecule has 10 aromatic carbocycles. The molecule has 312 valence electrons. The second-order valence-corrected chi connectivity index (χ2v) is 16.5. The Morgan fingerprint density at radius 3 is 1.08 bits per heavy atom. The van der Waals surface area contributed by atoms with Crippen molar-refractivity contribution in [2.75, 3.05) is 4.90 Å². The van der Waals surface area contributed by atoms with E-state index in [-0.39, 0.29) is 0 Å². The monoisotopic (exact) mass is 835 g/mol. The zero-order valence-electron chi connectivity index (χ0n) is 36.7. The van der Waals surface area contributed by atoms with Crippen LogP contribution in [0.2, 0.25) is 0 Å². The molecule has 0 amide bonds. The van der Waals surface area contributed by atoms with Gasteiger partial charge in [-0.25, -0.2) is 0 Å². The van der Waals surface area contributed by atoms with Crippen molar-refractivity contribution in [2.45, 2.75) is 20.3 Å². The molecular formula is C63H49NO. The Morgan fingerprint density at radius 1 is 0.308 bits per heavy atom. The van der Waals surface area contributed by atoms with Crippen molar-refractivity contribution in [3.8, 4) is 55.6 Å². The van der Waals surface area contributed by atoms with Crippen LogP contribution in [0.25, 0.3) is 77.6 Å². The first-order chi connectivity index (χ1) is 32.1. The number of anilines is 3. The molecule has 0 bridgehead atoms. The number of para-hydroxylation sites is 1. The summed E-state index contributed by atoms with van der Waals surface area (Å²) in [7, 11) is 0. The van der Waals surface area contributed by atoms with Gasteiger partial charge in [0.2, 0.25) is 0 Å². The molecule has 0 N–H and O–H groups in total. The van der Waals surface area contributed by atoms with E-state index in [0.29, 0.717) is 0 Å². The van der Waals surface area contributed by atoms with Crippen LogP contribution in [-0.4, -0.2) is 0 Å². The lowest BCUT2D eigenvalue weighted by Crippen LogP contribution is -2.09. The predicted molar refractivity (Wildman–Crippen MR) is 276 cm³/mol. The average Bonchev–Trinajstić information content (AvgIpc) is 3.76. The Hall–Kier alpha value is -8.20. The molecule has 1 aromatic heterocycles. The fourth-order valence-corrected chi connectivity index (χ4v) is 8.74. The number of hydrogen-bond acceptors (Lipinski definition) is 2. The van der Waals surface area contributed by atoms with Gasteiger partial charge in [-0.1, -0.05) is 201 Å². The molecule has 0 spiro atoms. The zero-order valence-corrected chi connectivity index (χ0v) is 36.7. The molecule has 0 fully saturated rings. The van der Waals surface area contributed by atoms with Gasteiger partial charge in [-0.2, -0.15) is 0 Å². The van der Waals surface area contributed by atoms with Gasteiger partial charge in [-0.15, -0.1) is 0 Å². The maximum absolute atomic E-state index is 6.22. The van der Waals surface area contributed by atoms with Gasteiger partial charge in [0.05, 0.1) is 0 Å². The summed E-state index contributed by atoms with van der Waals surface area (Å²) >= 11 is 0. The summed E-state index contributed by atoms with van der Waals surface area (Å²) in [5.74, 6) is 0. The van der Waals surface area contributed by atoms with E-state index >= 15 is 0 Å². The zero-order chi connectivity index (χ0) is 44.0. The van der Waals surface area contributed by atoms with E-state index in [4.69, 9.17) is 4.42 Å². The van der Waals surface area contributed by atoms with Crippen molar-refractivity contribution in [1.29, 1.82) is 0 Å². The van der Waals surface area contributed by atoms with Crippen LogP contribution < -0.4 is 4.90 Å². The van der Waals surface area contributed by atoms with Crippen LogP contribution >= 0.6 is 0 Å². The standard InChI is InChI=1S/C54H37NO.C9H12/c1-3-9-38(10-4-1)40-15-19-42(20-16-40)44-23-30-48(31-24-44)55(49-32-25-45(26-33-49)43-21-17-41(18-22-43)39-11-5-2-6-12-39)50-34-27-46(28-35-50)47-29-36-52-51-13-7-8-14-53(51)56-54(52)37-47;1-3-9-7-5-4-6-8(9)2/h1-37H;4-7H,3H2,1-2H3. The highest BCUT2D eigenvalue weighted by molar-refractivity contribution is 6.06. The molecule has 65 heavy (non-hydrogen) atoms. The minimum absolute atomic E-state index is 0.902. The van der Waals surface area contributed by atoms with E-state index in [2.05, 4.69) is 255 Å². The molecule has 0 aliphatic carbocycles. The van der Waals surface area contributed by atoms with E-state index in [1.165, 1.54) is 55.6 Å². The Kier molecular flexibility index (Phi) is 11.7. The fraction of sp³-hybridized carbons (Fsp3) is 0.0476. The van der Waals surface area contributed by atoms with Gasteiger partial charge in [0.25, 0.3) is 0 Å². The maximum Gasteiger partial charge on any atom is 0.136 e. The first kappa shape index (κ1) is 40.8. The molecule has 0 saturated carbocycles. The van der Waals surface area contributed by atoms with Crippen molar-refractivity contribution in [2.24, 2.45) is 0 Å². The molecule has 11 rings (SSSR count). The van der Waals surface area contributed by atoms with Gasteiger partial charge >= 0.3 is 0 Å². The quantitative estimate of drug-likeness (QED) is 0.144. The number of fused-ring (bicyclic) bond motifs is 3. The average molecular weight is 836 g/mol. The van der Waals surface area contributed by atoms with Crippen LogP contribution in [0.4, 0.5) is 17.1 Å². The highest BCUT2D eigenvalue weighted by Crippen LogP contribution is 2.39. The van der Waals surface area contributed by atoms with Crippen LogP contribution in [0.5, 0.6) is 0 Å². The molecular weight excluding hydrogens is 787 g/mol. The van der Waals surface area contributed by atoms with E-state index in [0.717, 1.165) is 56.5 Å². The Balaban J connectivity index is 0.000000497. The van der Waals surface area contributed by atoms with E-state index in [1.807, 2.05) is 12.1 Å². The minimum Gasteiger partial charge on any atom is -0.456 e. The summed E-state index contributed by atoms with van der Waals surface area (Å²) in [5.41, 5.74) is 19.8. The van der Waals surface area contributed by atoms with Crippen LogP contribution in [0, 0.1) is 6.92 Å². The van der Waals surface area contributed by atoms with Crippen molar-refractivity contribution >= 4 is 39.0 Å². The van der Waals surface area contributed by atoms with Gasteiger partial charge < -0.3 is 9.32 Å². The summed E-state index contributed by atoms with van der Waals surface area (Å²) in [6, 6.07) is 88.5. The van der Waals surface area contributed by atoms with Gasteiger partial charge in [0, 0.05) is 27.8 Å². The third kappa shape index (κ3) is 8.89. The Labute approximate surface area is 382 Å². The van der Waals surface area contributed by atoms with Gasteiger partial charge in [0.1, 0.15) is 11.2 Å². The number of furan rings is 1. The molecule has 2 nitrogen and oxygen atoms in total. The van der Waals surface area contributed by atoms with E-state index in [1.54, 1.807) is 0 Å². The summed E-state index contributed by atoms with van der Waals surface area (Å²) in [6.45, 7) is 4.33.